The Kier molecular flexibility index (Phi) is 8.65. The average Bonchev–Trinajstić information content (AvgIpc) is 2.77. The molecule has 1 aromatic carbocycles. The Labute approximate surface area is 132 Å². The number of hydrogen-bond donors (Lipinski definition) is 1. The predicted molar refractivity (Wildman–Crippen MR) is 53.2 cm³/mol. The molecule has 0 fully saturated rings. The van der Waals surface area contributed by atoms with Gasteiger partial charge in [-0.05, 0) is 24.3 Å². The summed E-state index contributed by atoms with van der Waals surface area (Å²) in [6, 6.07) is 12.0. The minimum Gasteiger partial charge on any atom is -1.00 e. The van der Waals surface area contributed by atoms with Gasteiger partial charge >= 0.3 is 57.4 Å². The summed E-state index contributed by atoms with van der Waals surface area (Å²) in [6.07, 6.45) is 3.25. The van der Waals surface area contributed by atoms with E-state index in [4.69, 9.17) is 5.11 Å². The van der Waals surface area contributed by atoms with Crippen molar-refractivity contribution in [3.63, 3.8) is 0 Å². The van der Waals surface area contributed by atoms with E-state index >= 15 is 0 Å². The van der Waals surface area contributed by atoms with Crippen LogP contribution < -0.4 is 51.4 Å². The van der Waals surface area contributed by atoms with Gasteiger partial charge in [0.25, 0.3) is 0 Å². The molecule has 15 heavy (non-hydrogen) atoms. The molecule has 1 N–H and O–H groups in total. The summed E-state index contributed by atoms with van der Waals surface area (Å²) >= 11 is 0. The van der Waals surface area contributed by atoms with Crippen molar-refractivity contribution in [2.24, 2.45) is 0 Å². The van der Waals surface area contributed by atoms with Crippen LogP contribution in [0.15, 0.2) is 59.4 Å². The van der Waals surface area contributed by atoms with Crippen LogP contribution >= 0.6 is 0 Å². The van der Waals surface area contributed by atoms with E-state index < -0.39 is 5.97 Å². The molecule has 0 unspecified atom stereocenters. The number of carboxylic acids is 1. The molecule has 0 saturated heterocycles. The molecule has 1 heterocycles. The number of carboxylic acid groups (broad SMARTS) is 1. The van der Waals surface area contributed by atoms with Gasteiger partial charge in [-0.1, -0.05) is 18.2 Å². The second-order valence-electron chi connectivity index (χ2n) is 2.46. The molecular weight excluding hydrogens is 219 g/mol. The Hall–Kier alpha value is -0.394. The maximum Gasteiger partial charge on any atom is 1.00 e. The van der Waals surface area contributed by atoms with Crippen molar-refractivity contribution in [2.45, 2.75) is 0 Å². The van der Waals surface area contributed by atoms with E-state index in [0.29, 0.717) is 5.56 Å². The Balaban J connectivity index is 0. The quantitative estimate of drug-likeness (QED) is 0.689. The van der Waals surface area contributed by atoms with Crippen molar-refractivity contribution < 1.29 is 67.1 Å². The molecule has 0 spiro atoms. The summed E-state index contributed by atoms with van der Waals surface area (Å²) < 4.78 is 4.58. The van der Waals surface area contributed by atoms with Gasteiger partial charge in [-0.3, -0.25) is 0 Å². The molecule has 4 heteroatoms. The third kappa shape index (κ3) is 6.65. The molecule has 0 atom stereocenters. The van der Waals surface area contributed by atoms with Crippen LogP contribution in [0.5, 0.6) is 0 Å². The molecule has 0 bridgehead atoms. The Bertz CT molecular complexity index is 345. The summed E-state index contributed by atoms with van der Waals surface area (Å²) in [7, 11) is 0. The fourth-order valence-corrected chi connectivity index (χ4v) is 0.808. The standard InChI is InChI=1S/C7H6O2.C4H4O.K.H/c8-7(9)6-4-2-1-3-5-6;1-2-4-5-3-1;;/h1-5H,(H,8,9);1-4H;;/q;;+1;-1. The third-order valence-electron chi connectivity index (χ3n) is 1.45. The Morgan fingerprint density at radius 1 is 1.07 bits per heavy atom. The molecular formula is C11H11KO3. The van der Waals surface area contributed by atoms with E-state index in [1.165, 1.54) is 0 Å². The van der Waals surface area contributed by atoms with Crippen LogP contribution in [0.3, 0.4) is 0 Å². The first-order valence-corrected chi connectivity index (χ1v) is 4.06. The molecule has 74 valence electrons. The Morgan fingerprint density at radius 3 is 1.87 bits per heavy atom. The van der Waals surface area contributed by atoms with Crippen LogP contribution in [-0.4, -0.2) is 11.1 Å². The zero-order valence-electron chi connectivity index (χ0n) is 9.46. The fourth-order valence-electron chi connectivity index (χ4n) is 0.808. The first-order chi connectivity index (χ1) is 6.80. The van der Waals surface area contributed by atoms with Crippen molar-refractivity contribution in [1.29, 1.82) is 0 Å². The van der Waals surface area contributed by atoms with Crippen molar-refractivity contribution in [3.05, 3.63) is 60.6 Å². The van der Waals surface area contributed by atoms with Gasteiger partial charge in [0.1, 0.15) is 0 Å². The van der Waals surface area contributed by atoms with E-state index in [-0.39, 0.29) is 52.8 Å². The van der Waals surface area contributed by atoms with Gasteiger partial charge < -0.3 is 11.0 Å². The van der Waals surface area contributed by atoms with Crippen LogP contribution in [0.1, 0.15) is 11.8 Å². The van der Waals surface area contributed by atoms with Gasteiger partial charge in [0.2, 0.25) is 0 Å². The molecule has 2 aromatic rings. The van der Waals surface area contributed by atoms with E-state index in [2.05, 4.69) is 4.42 Å². The molecule has 1 aromatic heterocycles. The summed E-state index contributed by atoms with van der Waals surface area (Å²) in [6.45, 7) is 0. The van der Waals surface area contributed by atoms with E-state index in [0.717, 1.165) is 0 Å². The summed E-state index contributed by atoms with van der Waals surface area (Å²) in [5.74, 6) is -0.879. The monoisotopic (exact) mass is 230 g/mol. The zero-order valence-corrected chi connectivity index (χ0v) is 11.6. The van der Waals surface area contributed by atoms with Gasteiger partial charge in [-0.2, -0.15) is 0 Å². The van der Waals surface area contributed by atoms with Crippen LogP contribution in [0.25, 0.3) is 0 Å². The fraction of sp³-hybridized carbons (Fsp3) is 0. The van der Waals surface area contributed by atoms with Gasteiger partial charge in [0, 0.05) is 0 Å². The van der Waals surface area contributed by atoms with E-state index in [1.54, 1.807) is 42.9 Å². The average molecular weight is 230 g/mol. The van der Waals surface area contributed by atoms with Crippen LogP contribution in [0.2, 0.25) is 0 Å². The molecule has 0 radical (unpaired) electrons. The van der Waals surface area contributed by atoms with Crippen LogP contribution in [-0.2, 0) is 0 Å². The van der Waals surface area contributed by atoms with E-state index in [1.807, 2.05) is 12.1 Å². The van der Waals surface area contributed by atoms with Gasteiger partial charge in [0.15, 0.2) is 0 Å². The maximum atomic E-state index is 10.2. The van der Waals surface area contributed by atoms with Crippen molar-refractivity contribution in [2.75, 3.05) is 0 Å². The third-order valence-corrected chi connectivity index (χ3v) is 1.45. The first-order valence-electron chi connectivity index (χ1n) is 4.06. The molecule has 0 aliphatic carbocycles. The smallest absolute Gasteiger partial charge is 1.00 e. The zero-order chi connectivity index (χ0) is 10.2. The van der Waals surface area contributed by atoms with E-state index in [9.17, 15) is 4.79 Å². The maximum absolute atomic E-state index is 10.2. The molecule has 3 nitrogen and oxygen atoms in total. The number of aromatic carboxylic acids is 1. The normalized spacial score (nSPS) is 8.00. The second-order valence-corrected chi connectivity index (χ2v) is 2.46. The minimum absolute atomic E-state index is 0. The largest absolute Gasteiger partial charge is 1.00 e. The van der Waals surface area contributed by atoms with Crippen molar-refractivity contribution >= 4 is 5.97 Å². The van der Waals surface area contributed by atoms with Gasteiger partial charge in [-0.25, -0.2) is 4.79 Å². The van der Waals surface area contributed by atoms with Gasteiger partial charge in [0.05, 0.1) is 18.1 Å². The molecule has 0 amide bonds. The molecule has 0 saturated carbocycles. The summed E-state index contributed by atoms with van der Waals surface area (Å²) in [5.41, 5.74) is 0.331. The number of furan rings is 1. The minimum atomic E-state index is -0.879. The predicted octanol–water partition coefficient (Wildman–Crippen LogP) is -0.219. The number of hydrogen-bond acceptors (Lipinski definition) is 2. The number of rotatable bonds is 1. The van der Waals surface area contributed by atoms with Crippen LogP contribution in [0.4, 0.5) is 0 Å². The number of benzene rings is 1. The second kappa shape index (κ2) is 8.88. The van der Waals surface area contributed by atoms with Crippen molar-refractivity contribution in [3.8, 4) is 0 Å². The topological polar surface area (TPSA) is 50.4 Å². The number of carbonyl (C=O) groups is 1. The summed E-state index contributed by atoms with van der Waals surface area (Å²) in [4.78, 5) is 10.2. The summed E-state index contributed by atoms with van der Waals surface area (Å²) in [5, 5.41) is 8.38. The van der Waals surface area contributed by atoms with Gasteiger partial charge in [-0.15, -0.1) is 0 Å². The van der Waals surface area contributed by atoms with Crippen LogP contribution in [0, 0.1) is 0 Å². The Morgan fingerprint density at radius 2 is 1.60 bits per heavy atom. The first kappa shape index (κ1) is 14.6. The molecule has 2 rings (SSSR count). The molecule has 0 aliphatic rings. The molecule has 0 aliphatic heterocycles. The SMILES string of the molecule is O=C(O)c1ccccc1.[H-].[K+].c1ccoc1. The van der Waals surface area contributed by atoms with Crippen molar-refractivity contribution in [1.82, 2.24) is 0 Å².